The standard InChI is InChI=1S/C15H21BrO/c1-12-7-9-14(10-8-12)17-15(11-16)13-5-3-2-4-6-13/h2-6,12,14-15H,7-11H2,1H3. The monoisotopic (exact) mass is 296 g/mol. The molecule has 17 heavy (non-hydrogen) atoms. The normalized spacial score (nSPS) is 26.7. The molecule has 94 valence electrons. The number of alkyl halides is 1. The molecule has 0 heterocycles. The highest BCUT2D eigenvalue weighted by Crippen LogP contribution is 2.30. The van der Waals surface area contributed by atoms with Crippen LogP contribution < -0.4 is 0 Å². The third-order valence-corrected chi connectivity index (χ3v) is 4.22. The van der Waals surface area contributed by atoms with Crippen molar-refractivity contribution in [2.24, 2.45) is 5.92 Å². The van der Waals surface area contributed by atoms with Gasteiger partial charge in [0.2, 0.25) is 0 Å². The van der Waals surface area contributed by atoms with Crippen LogP contribution in [-0.4, -0.2) is 11.4 Å². The van der Waals surface area contributed by atoms with Gasteiger partial charge >= 0.3 is 0 Å². The Kier molecular flexibility index (Phi) is 5.05. The molecule has 2 heteroatoms. The second-order valence-corrected chi connectivity index (χ2v) is 5.72. The van der Waals surface area contributed by atoms with Crippen LogP contribution in [0, 0.1) is 5.92 Å². The van der Waals surface area contributed by atoms with E-state index in [1.165, 1.54) is 31.2 Å². The summed E-state index contributed by atoms with van der Waals surface area (Å²) in [6.07, 6.45) is 5.72. The van der Waals surface area contributed by atoms with Crippen LogP contribution in [0.4, 0.5) is 0 Å². The summed E-state index contributed by atoms with van der Waals surface area (Å²) in [4.78, 5) is 0. The molecular weight excluding hydrogens is 276 g/mol. The van der Waals surface area contributed by atoms with Crippen LogP contribution in [0.25, 0.3) is 0 Å². The number of ether oxygens (including phenoxy) is 1. The summed E-state index contributed by atoms with van der Waals surface area (Å²) in [6, 6.07) is 10.5. The largest absolute Gasteiger partial charge is 0.369 e. The molecule has 1 fully saturated rings. The summed E-state index contributed by atoms with van der Waals surface area (Å²) in [7, 11) is 0. The first kappa shape index (κ1) is 13.1. The fourth-order valence-electron chi connectivity index (χ4n) is 2.47. The van der Waals surface area contributed by atoms with Crippen LogP contribution in [0.1, 0.15) is 44.3 Å². The van der Waals surface area contributed by atoms with Gasteiger partial charge < -0.3 is 4.74 Å². The summed E-state index contributed by atoms with van der Waals surface area (Å²) in [5.74, 6) is 0.883. The molecule has 2 rings (SSSR count). The zero-order valence-corrected chi connectivity index (χ0v) is 12.0. The molecule has 1 aromatic rings. The highest BCUT2D eigenvalue weighted by molar-refractivity contribution is 9.09. The molecule has 1 atom stereocenters. The van der Waals surface area contributed by atoms with Crippen LogP contribution in [-0.2, 0) is 4.74 Å². The van der Waals surface area contributed by atoms with E-state index < -0.39 is 0 Å². The lowest BCUT2D eigenvalue weighted by Gasteiger charge is -2.29. The van der Waals surface area contributed by atoms with Crippen molar-refractivity contribution in [2.45, 2.75) is 44.8 Å². The van der Waals surface area contributed by atoms with Gasteiger partial charge in [0, 0.05) is 5.33 Å². The molecule has 0 saturated heterocycles. The number of benzene rings is 1. The fourth-order valence-corrected chi connectivity index (χ4v) is 3.00. The lowest BCUT2D eigenvalue weighted by Crippen LogP contribution is -2.23. The van der Waals surface area contributed by atoms with E-state index in [-0.39, 0.29) is 6.10 Å². The van der Waals surface area contributed by atoms with Crippen molar-refractivity contribution in [2.75, 3.05) is 5.33 Å². The van der Waals surface area contributed by atoms with E-state index in [4.69, 9.17) is 4.74 Å². The van der Waals surface area contributed by atoms with Gasteiger partial charge in [0.25, 0.3) is 0 Å². The Bertz CT molecular complexity index is 317. The Hall–Kier alpha value is -0.340. The Balaban J connectivity index is 1.92. The zero-order valence-electron chi connectivity index (χ0n) is 10.4. The molecule has 0 aromatic heterocycles. The van der Waals surface area contributed by atoms with Gasteiger partial charge in [-0.25, -0.2) is 0 Å². The van der Waals surface area contributed by atoms with Crippen molar-refractivity contribution >= 4 is 15.9 Å². The summed E-state index contributed by atoms with van der Waals surface area (Å²) in [5, 5.41) is 0.878. The Morgan fingerprint density at radius 2 is 1.82 bits per heavy atom. The molecule has 0 spiro atoms. The predicted octanol–water partition coefficient (Wildman–Crippen LogP) is 4.72. The molecule has 0 radical (unpaired) electrons. The van der Waals surface area contributed by atoms with Crippen molar-refractivity contribution in [3.8, 4) is 0 Å². The Labute approximate surface area is 113 Å². The maximum Gasteiger partial charge on any atom is 0.0925 e. The van der Waals surface area contributed by atoms with Crippen LogP contribution in [0.5, 0.6) is 0 Å². The number of hydrogen-bond donors (Lipinski definition) is 0. The van der Waals surface area contributed by atoms with E-state index in [2.05, 4.69) is 53.2 Å². The van der Waals surface area contributed by atoms with E-state index in [9.17, 15) is 0 Å². The molecule has 1 aromatic carbocycles. The van der Waals surface area contributed by atoms with E-state index in [0.29, 0.717) is 6.10 Å². The van der Waals surface area contributed by atoms with Gasteiger partial charge in [0.1, 0.15) is 0 Å². The number of rotatable bonds is 4. The molecule has 1 unspecified atom stereocenters. The van der Waals surface area contributed by atoms with Crippen LogP contribution >= 0.6 is 15.9 Å². The van der Waals surface area contributed by atoms with E-state index in [1.54, 1.807) is 0 Å². The van der Waals surface area contributed by atoms with Crippen molar-refractivity contribution < 1.29 is 4.74 Å². The number of hydrogen-bond acceptors (Lipinski definition) is 1. The molecule has 0 bridgehead atoms. The van der Waals surface area contributed by atoms with Gasteiger partial charge in [-0.1, -0.05) is 53.2 Å². The van der Waals surface area contributed by atoms with Crippen molar-refractivity contribution in [3.63, 3.8) is 0 Å². The van der Waals surface area contributed by atoms with Crippen molar-refractivity contribution in [3.05, 3.63) is 35.9 Å². The second kappa shape index (κ2) is 6.55. The molecule has 1 nitrogen and oxygen atoms in total. The SMILES string of the molecule is CC1CCC(OC(CBr)c2ccccc2)CC1. The molecule has 0 amide bonds. The third-order valence-electron chi connectivity index (χ3n) is 3.63. The summed E-state index contributed by atoms with van der Waals surface area (Å²) in [5.41, 5.74) is 1.28. The number of halogens is 1. The predicted molar refractivity (Wildman–Crippen MR) is 75.5 cm³/mol. The van der Waals surface area contributed by atoms with Gasteiger partial charge in [-0.15, -0.1) is 0 Å². The minimum Gasteiger partial charge on any atom is -0.369 e. The third kappa shape index (κ3) is 3.82. The second-order valence-electron chi connectivity index (χ2n) is 5.07. The van der Waals surface area contributed by atoms with Crippen molar-refractivity contribution in [1.29, 1.82) is 0 Å². The quantitative estimate of drug-likeness (QED) is 0.731. The Morgan fingerprint density at radius 3 is 2.41 bits per heavy atom. The first-order valence-electron chi connectivity index (χ1n) is 6.56. The first-order chi connectivity index (χ1) is 8.29. The van der Waals surface area contributed by atoms with E-state index in [0.717, 1.165) is 11.2 Å². The van der Waals surface area contributed by atoms with E-state index >= 15 is 0 Å². The molecule has 1 saturated carbocycles. The summed E-state index contributed by atoms with van der Waals surface area (Å²) in [6.45, 7) is 2.34. The lowest BCUT2D eigenvalue weighted by molar-refractivity contribution is -0.0255. The first-order valence-corrected chi connectivity index (χ1v) is 7.68. The van der Waals surface area contributed by atoms with Crippen LogP contribution in [0.2, 0.25) is 0 Å². The van der Waals surface area contributed by atoms with Gasteiger partial charge in [0.15, 0.2) is 0 Å². The summed E-state index contributed by atoms with van der Waals surface area (Å²) < 4.78 is 6.23. The van der Waals surface area contributed by atoms with Gasteiger partial charge in [-0.05, 0) is 37.2 Å². The van der Waals surface area contributed by atoms with E-state index in [1.807, 2.05) is 0 Å². The maximum absolute atomic E-state index is 6.23. The average molecular weight is 297 g/mol. The summed E-state index contributed by atoms with van der Waals surface area (Å²) >= 11 is 3.57. The topological polar surface area (TPSA) is 9.23 Å². The van der Waals surface area contributed by atoms with Gasteiger partial charge in [0.05, 0.1) is 12.2 Å². The average Bonchev–Trinajstić information content (AvgIpc) is 2.39. The minimum absolute atomic E-state index is 0.203. The Morgan fingerprint density at radius 1 is 1.18 bits per heavy atom. The zero-order chi connectivity index (χ0) is 12.1. The smallest absolute Gasteiger partial charge is 0.0925 e. The minimum atomic E-state index is 0.203. The molecule has 1 aliphatic carbocycles. The fraction of sp³-hybridized carbons (Fsp3) is 0.600. The molecule has 0 aliphatic heterocycles. The molecular formula is C15H21BrO. The van der Waals surface area contributed by atoms with Gasteiger partial charge in [-0.3, -0.25) is 0 Å². The van der Waals surface area contributed by atoms with Crippen molar-refractivity contribution in [1.82, 2.24) is 0 Å². The van der Waals surface area contributed by atoms with Crippen LogP contribution in [0.15, 0.2) is 30.3 Å². The molecule has 1 aliphatic rings. The van der Waals surface area contributed by atoms with Gasteiger partial charge in [-0.2, -0.15) is 0 Å². The maximum atomic E-state index is 6.23. The highest BCUT2D eigenvalue weighted by atomic mass is 79.9. The molecule has 0 N–H and O–H groups in total. The van der Waals surface area contributed by atoms with Crippen LogP contribution in [0.3, 0.4) is 0 Å². The lowest BCUT2D eigenvalue weighted by atomic mass is 9.89. The highest BCUT2D eigenvalue weighted by Gasteiger charge is 2.22.